The van der Waals surface area contributed by atoms with E-state index in [1.807, 2.05) is 13.8 Å². The molecule has 0 radical (unpaired) electrons. The minimum Gasteiger partial charge on any atom is -0.355 e. The molecule has 1 fully saturated rings. The molecule has 0 unspecified atom stereocenters. The van der Waals surface area contributed by atoms with Crippen molar-refractivity contribution in [2.24, 2.45) is 0 Å². The molecule has 1 aromatic carbocycles. The molecule has 0 bridgehead atoms. The second-order valence-electron chi connectivity index (χ2n) is 5.50. The third kappa shape index (κ3) is 3.52. The van der Waals surface area contributed by atoms with E-state index in [1.165, 1.54) is 4.31 Å². The van der Waals surface area contributed by atoms with Crippen molar-refractivity contribution in [3.05, 3.63) is 28.2 Å². The number of carbonyl (C=O) groups excluding carboxylic acids is 1. The number of sulfonamides is 1. The zero-order valence-corrected chi connectivity index (χ0v) is 15.2. The second-order valence-corrected chi connectivity index (χ2v) is 8.21. The van der Waals surface area contributed by atoms with Crippen LogP contribution in [0.15, 0.2) is 27.6 Å². The lowest BCUT2D eigenvalue weighted by Gasteiger charge is -2.24. The molecule has 22 heavy (non-hydrogen) atoms. The number of hydrogen-bond acceptors (Lipinski definition) is 3. The fourth-order valence-electron chi connectivity index (χ4n) is 2.60. The minimum absolute atomic E-state index is 0.203. The van der Waals surface area contributed by atoms with Gasteiger partial charge in [0.05, 0.1) is 4.90 Å². The fourth-order valence-corrected chi connectivity index (χ4v) is 5.41. The molecular formula is C15H21BrN2O3S. The Morgan fingerprint density at radius 2 is 2.18 bits per heavy atom. The average molecular weight is 389 g/mol. The third-order valence-corrected chi connectivity index (χ3v) is 6.61. The summed E-state index contributed by atoms with van der Waals surface area (Å²) in [6.45, 7) is 4.81. The van der Waals surface area contributed by atoms with Crippen molar-refractivity contribution in [2.75, 3.05) is 13.1 Å². The van der Waals surface area contributed by atoms with Crippen molar-refractivity contribution in [1.29, 1.82) is 0 Å². The first-order valence-corrected chi connectivity index (χ1v) is 9.67. The largest absolute Gasteiger partial charge is 0.355 e. The van der Waals surface area contributed by atoms with Crippen molar-refractivity contribution < 1.29 is 13.2 Å². The highest BCUT2D eigenvalue weighted by Gasteiger charge is 2.39. The third-order valence-electron chi connectivity index (χ3n) is 3.73. The molecular weight excluding hydrogens is 368 g/mol. The molecule has 1 heterocycles. The monoisotopic (exact) mass is 388 g/mol. The van der Waals surface area contributed by atoms with Crippen molar-refractivity contribution in [3.8, 4) is 0 Å². The maximum atomic E-state index is 12.9. The maximum absolute atomic E-state index is 12.9. The molecule has 7 heteroatoms. The molecule has 0 aromatic heterocycles. The first kappa shape index (κ1) is 17.4. The highest BCUT2D eigenvalue weighted by Crippen LogP contribution is 2.31. The van der Waals surface area contributed by atoms with Crippen LogP contribution < -0.4 is 5.32 Å². The summed E-state index contributed by atoms with van der Waals surface area (Å²) in [6, 6.07) is 4.52. The minimum atomic E-state index is -3.68. The van der Waals surface area contributed by atoms with Crippen LogP contribution in [0.3, 0.4) is 0 Å². The van der Waals surface area contributed by atoms with Gasteiger partial charge in [0, 0.05) is 17.6 Å². The van der Waals surface area contributed by atoms with Crippen molar-refractivity contribution in [3.63, 3.8) is 0 Å². The normalized spacial score (nSPS) is 19.3. The standard InChI is InChI=1S/C15H21BrN2O3S/c1-3-8-17-15(19)13-5-4-9-18(13)22(20,21)14-7-6-11(2)10-12(14)16/h6-7,10,13H,3-5,8-9H2,1-2H3,(H,17,19)/t13-/m1/s1. The van der Waals surface area contributed by atoms with E-state index >= 15 is 0 Å². The van der Waals surface area contributed by atoms with Gasteiger partial charge in [0.25, 0.3) is 0 Å². The van der Waals surface area contributed by atoms with E-state index < -0.39 is 16.1 Å². The zero-order valence-electron chi connectivity index (χ0n) is 12.8. The summed E-state index contributed by atoms with van der Waals surface area (Å²) in [5.74, 6) is -0.203. The van der Waals surface area contributed by atoms with Gasteiger partial charge in [0.2, 0.25) is 15.9 Å². The van der Waals surface area contributed by atoms with Gasteiger partial charge < -0.3 is 5.32 Å². The Kier molecular flexibility index (Phi) is 5.63. The van der Waals surface area contributed by atoms with Crippen LogP contribution in [0.4, 0.5) is 0 Å². The van der Waals surface area contributed by atoms with Crippen LogP contribution in [0.25, 0.3) is 0 Å². The number of nitrogens with zero attached hydrogens (tertiary/aromatic N) is 1. The topological polar surface area (TPSA) is 66.5 Å². The first-order valence-electron chi connectivity index (χ1n) is 7.43. The summed E-state index contributed by atoms with van der Waals surface area (Å²) in [5.41, 5.74) is 0.976. The Labute approximate surface area is 140 Å². The average Bonchev–Trinajstić information content (AvgIpc) is 2.94. The predicted molar refractivity (Wildman–Crippen MR) is 89.1 cm³/mol. The second kappa shape index (κ2) is 7.10. The molecule has 1 aromatic rings. The van der Waals surface area contributed by atoms with Crippen LogP contribution >= 0.6 is 15.9 Å². The molecule has 1 N–H and O–H groups in total. The van der Waals surface area contributed by atoms with Gasteiger partial charge in [-0.15, -0.1) is 0 Å². The number of nitrogens with one attached hydrogen (secondary N) is 1. The Hall–Kier alpha value is -0.920. The molecule has 1 amide bonds. The zero-order chi connectivity index (χ0) is 16.3. The molecule has 1 aliphatic rings. The Morgan fingerprint density at radius 1 is 1.45 bits per heavy atom. The van der Waals surface area contributed by atoms with Gasteiger partial charge in [-0.05, 0) is 59.8 Å². The number of halogens is 1. The van der Waals surface area contributed by atoms with Gasteiger partial charge in [0.15, 0.2) is 0 Å². The molecule has 1 saturated heterocycles. The number of benzene rings is 1. The van der Waals surface area contributed by atoms with Crippen LogP contribution in [-0.2, 0) is 14.8 Å². The van der Waals surface area contributed by atoms with E-state index in [4.69, 9.17) is 0 Å². The van der Waals surface area contributed by atoms with Gasteiger partial charge >= 0.3 is 0 Å². The molecule has 0 spiro atoms. The van der Waals surface area contributed by atoms with Crippen molar-refractivity contribution in [2.45, 2.75) is 44.0 Å². The number of hydrogen-bond donors (Lipinski definition) is 1. The number of aryl methyl sites for hydroxylation is 1. The van der Waals surface area contributed by atoms with E-state index in [9.17, 15) is 13.2 Å². The molecule has 2 rings (SSSR count). The Balaban J connectivity index is 2.29. The first-order chi connectivity index (χ1) is 10.4. The van der Waals surface area contributed by atoms with E-state index in [-0.39, 0.29) is 10.8 Å². The van der Waals surface area contributed by atoms with Gasteiger partial charge in [0.1, 0.15) is 6.04 Å². The van der Waals surface area contributed by atoms with E-state index in [0.29, 0.717) is 30.4 Å². The van der Waals surface area contributed by atoms with Gasteiger partial charge in [-0.1, -0.05) is 13.0 Å². The van der Waals surface area contributed by atoms with E-state index in [1.54, 1.807) is 18.2 Å². The lowest BCUT2D eigenvalue weighted by atomic mass is 10.2. The quantitative estimate of drug-likeness (QED) is 0.841. The highest BCUT2D eigenvalue weighted by molar-refractivity contribution is 9.10. The fraction of sp³-hybridized carbons (Fsp3) is 0.533. The van der Waals surface area contributed by atoms with Crippen molar-refractivity contribution >= 4 is 31.9 Å². The summed E-state index contributed by atoms with van der Waals surface area (Å²) < 4.78 is 27.6. The molecule has 0 aliphatic carbocycles. The summed E-state index contributed by atoms with van der Waals surface area (Å²) >= 11 is 3.32. The van der Waals surface area contributed by atoms with Gasteiger partial charge in [-0.3, -0.25) is 4.79 Å². The summed E-state index contributed by atoms with van der Waals surface area (Å²) in [7, 11) is -3.68. The van der Waals surface area contributed by atoms with E-state index in [0.717, 1.165) is 12.0 Å². The smallest absolute Gasteiger partial charge is 0.244 e. The lowest BCUT2D eigenvalue weighted by molar-refractivity contribution is -0.124. The summed E-state index contributed by atoms with van der Waals surface area (Å²) in [5, 5.41) is 2.79. The number of carbonyl (C=O) groups is 1. The molecule has 0 saturated carbocycles. The number of amides is 1. The lowest BCUT2D eigenvalue weighted by Crippen LogP contribution is -2.46. The van der Waals surface area contributed by atoms with Crippen LogP contribution in [0.5, 0.6) is 0 Å². The highest BCUT2D eigenvalue weighted by atomic mass is 79.9. The van der Waals surface area contributed by atoms with Crippen LogP contribution in [0.1, 0.15) is 31.7 Å². The van der Waals surface area contributed by atoms with Crippen LogP contribution in [-0.4, -0.2) is 37.8 Å². The van der Waals surface area contributed by atoms with Crippen molar-refractivity contribution in [1.82, 2.24) is 9.62 Å². The predicted octanol–water partition coefficient (Wildman–Crippen LogP) is 2.44. The molecule has 1 atom stereocenters. The van der Waals surface area contributed by atoms with Crippen LogP contribution in [0.2, 0.25) is 0 Å². The Bertz CT molecular complexity index is 661. The number of rotatable bonds is 5. The van der Waals surface area contributed by atoms with E-state index in [2.05, 4.69) is 21.2 Å². The Morgan fingerprint density at radius 3 is 2.82 bits per heavy atom. The summed E-state index contributed by atoms with van der Waals surface area (Å²) in [6.07, 6.45) is 2.10. The summed E-state index contributed by atoms with van der Waals surface area (Å²) in [4.78, 5) is 12.4. The molecule has 122 valence electrons. The van der Waals surface area contributed by atoms with Crippen LogP contribution in [0, 0.1) is 6.92 Å². The maximum Gasteiger partial charge on any atom is 0.244 e. The van der Waals surface area contributed by atoms with Gasteiger partial charge in [-0.25, -0.2) is 8.42 Å². The molecule has 5 nitrogen and oxygen atoms in total. The SMILES string of the molecule is CCCNC(=O)[C@H]1CCCN1S(=O)(=O)c1ccc(C)cc1Br. The van der Waals surface area contributed by atoms with Gasteiger partial charge in [-0.2, -0.15) is 4.31 Å². The molecule has 1 aliphatic heterocycles.